The van der Waals surface area contributed by atoms with E-state index in [1.54, 1.807) is 0 Å². The van der Waals surface area contributed by atoms with Gasteiger partial charge in [-0.15, -0.1) is 0 Å². The summed E-state index contributed by atoms with van der Waals surface area (Å²) in [4.78, 5) is 27.7. The van der Waals surface area contributed by atoms with Gasteiger partial charge in [0.1, 0.15) is 0 Å². The maximum atomic E-state index is 13.3. The van der Waals surface area contributed by atoms with Crippen LogP contribution in [0.2, 0.25) is 0 Å². The fourth-order valence-electron chi connectivity index (χ4n) is 4.37. The van der Waals surface area contributed by atoms with Gasteiger partial charge >= 0.3 is 0 Å². The minimum absolute atomic E-state index is 0.00905. The number of carbonyl (C=O) groups is 2. The summed E-state index contributed by atoms with van der Waals surface area (Å²) in [6, 6.07) is 18.7. The Bertz CT molecular complexity index is 852. The molecule has 1 aliphatic heterocycles. The zero-order valence-electron chi connectivity index (χ0n) is 18.5. The molecule has 1 fully saturated rings. The number of benzene rings is 2. The van der Waals surface area contributed by atoms with Crippen molar-refractivity contribution in [2.75, 3.05) is 19.6 Å². The summed E-state index contributed by atoms with van der Waals surface area (Å²) in [6.07, 6.45) is 3.01. The molecule has 0 bridgehead atoms. The molecule has 1 aliphatic rings. The van der Waals surface area contributed by atoms with E-state index in [9.17, 15) is 9.59 Å². The lowest BCUT2D eigenvalue weighted by atomic mass is 9.71. The standard InChI is InChI=1S/C26H34N2O2/c1-4-16-27-25(30)26(14-17-28(18-15-26)24(29)20(2)3)19-22-12-8-9-13-23(22)21-10-6-5-7-11-21/h5-13,20H,4,14-19H2,1-3H3,(H,27,30). The first-order chi connectivity index (χ1) is 14.5. The van der Waals surface area contributed by atoms with E-state index < -0.39 is 5.41 Å². The van der Waals surface area contributed by atoms with Crippen LogP contribution in [0.1, 0.15) is 45.6 Å². The average Bonchev–Trinajstić information content (AvgIpc) is 2.78. The Hall–Kier alpha value is -2.62. The number of piperidine rings is 1. The molecule has 0 spiro atoms. The van der Waals surface area contributed by atoms with Gasteiger partial charge in [-0.3, -0.25) is 9.59 Å². The van der Waals surface area contributed by atoms with E-state index in [0.29, 0.717) is 38.9 Å². The maximum absolute atomic E-state index is 13.3. The molecule has 1 saturated heterocycles. The topological polar surface area (TPSA) is 49.4 Å². The third kappa shape index (κ3) is 4.92. The smallest absolute Gasteiger partial charge is 0.226 e. The van der Waals surface area contributed by atoms with Crippen molar-refractivity contribution in [3.05, 3.63) is 60.2 Å². The van der Waals surface area contributed by atoms with Crippen molar-refractivity contribution in [3.63, 3.8) is 0 Å². The summed E-state index contributed by atoms with van der Waals surface area (Å²) in [5.41, 5.74) is 3.07. The van der Waals surface area contributed by atoms with E-state index in [2.05, 4.69) is 48.6 Å². The Morgan fingerprint density at radius 3 is 2.27 bits per heavy atom. The molecule has 0 saturated carbocycles. The van der Waals surface area contributed by atoms with Crippen molar-refractivity contribution < 1.29 is 9.59 Å². The molecule has 0 atom stereocenters. The van der Waals surface area contributed by atoms with Gasteiger partial charge in [-0.05, 0) is 42.4 Å². The van der Waals surface area contributed by atoms with Gasteiger partial charge in [0.25, 0.3) is 0 Å². The minimum atomic E-state index is -0.478. The van der Waals surface area contributed by atoms with Crippen LogP contribution in [-0.4, -0.2) is 36.3 Å². The van der Waals surface area contributed by atoms with Gasteiger partial charge in [0.2, 0.25) is 11.8 Å². The SMILES string of the molecule is CCCNC(=O)C1(Cc2ccccc2-c2ccccc2)CCN(C(=O)C(C)C)CC1. The van der Waals surface area contributed by atoms with Crippen LogP contribution in [0.3, 0.4) is 0 Å². The van der Waals surface area contributed by atoms with Crippen molar-refractivity contribution >= 4 is 11.8 Å². The molecule has 0 aromatic heterocycles. The highest BCUT2D eigenvalue weighted by molar-refractivity contribution is 5.84. The van der Waals surface area contributed by atoms with E-state index in [-0.39, 0.29) is 17.7 Å². The van der Waals surface area contributed by atoms with E-state index in [0.717, 1.165) is 6.42 Å². The molecule has 1 N–H and O–H groups in total. The van der Waals surface area contributed by atoms with Gasteiger partial charge in [-0.1, -0.05) is 75.4 Å². The van der Waals surface area contributed by atoms with Crippen molar-refractivity contribution in [2.24, 2.45) is 11.3 Å². The number of likely N-dealkylation sites (tertiary alicyclic amines) is 1. The number of rotatable bonds is 7. The van der Waals surface area contributed by atoms with E-state index in [4.69, 9.17) is 0 Å². The van der Waals surface area contributed by atoms with Crippen molar-refractivity contribution in [1.29, 1.82) is 0 Å². The first-order valence-corrected chi connectivity index (χ1v) is 11.2. The molecule has 4 nitrogen and oxygen atoms in total. The van der Waals surface area contributed by atoms with Crippen LogP contribution in [0, 0.1) is 11.3 Å². The van der Waals surface area contributed by atoms with Crippen LogP contribution >= 0.6 is 0 Å². The molecule has 0 aliphatic carbocycles. The second-order valence-electron chi connectivity index (χ2n) is 8.72. The predicted molar refractivity (Wildman–Crippen MR) is 122 cm³/mol. The van der Waals surface area contributed by atoms with Crippen molar-refractivity contribution in [1.82, 2.24) is 10.2 Å². The summed E-state index contributed by atoms with van der Waals surface area (Å²) in [6.45, 7) is 7.92. The highest BCUT2D eigenvalue weighted by Gasteiger charge is 2.42. The Labute approximate surface area is 180 Å². The number of nitrogens with zero attached hydrogens (tertiary/aromatic N) is 1. The summed E-state index contributed by atoms with van der Waals surface area (Å²) in [7, 11) is 0. The third-order valence-electron chi connectivity index (χ3n) is 6.17. The number of amides is 2. The van der Waals surface area contributed by atoms with Crippen LogP contribution in [0.25, 0.3) is 11.1 Å². The fraction of sp³-hybridized carbons (Fsp3) is 0.462. The number of nitrogens with one attached hydrogen (secondary N) is 1. The number of carbonyl (C=O) groups excluding carboxylic acids is 2. The van der Waals surface area contributed by atoms with Crippen LogP contribution in [0.4, 0.5) is 0 Å². The quantitative estimate of drug-likeness (QED) is 0.725. The predicted octanol–water partition coefficient (Wildman–Crippen LogP) is 4.69. The van der Waals surface area contributed by atoms with E-state index in [1.807, 2.05) is 36.9 Å². The Morgan fingerprint density at radius 2 is 1.63 bits per heavy atom. The second-order valence-corrected chi connectivity index (χ2v) is 8.72. The summed E-state index contributed by atoms with van der Waals surface area (Å²) >= 11 is 0. The highest BCUT2D eigenvalue weighted by atomic mass is 16.2. The molecule has 30 heavy (non-hydrogen) atoms. The average molecular weight is 407 g/mol. The van der Waals surface area contributed by atoms with Gasteiger partial charge in [-0.25, -0.2) is 0 Å². The fourth-order valence-corrected chi connectivity index (χ4v) is 4.37. The third-order valence-corrected chi connectivity index (χ3v) is 6.17. The molecule has 0 unspecified atom stereocenters. The van der Waals surface area contributed by atoms with Crippen molar-refractivity contribution in [3.8, 4) is 11.1 Å². The first kappa shape index (κ1) is 22.1. The molecule has 4 heteroatoms. The molecule has 2 amide bonds. The van der Waals surface area contributed by atoms with Crippen molar-refractivity contribution in [2.45, 2.75) is 46.5 Å². The largest absolute Gasteiger partial charge is 0.356 e. The molecule has 1 heterocycles. The summed E-state index contributed by atoms with van der Waals surface area (Å²) < 4.78 is 0. The Kier molecular flexibility index (Phi) is 7.30. The van der Waals surface area contributed by atoms with Gasteiger partial charge < -0.3 is 10.2 Å². The number of hydrogen-bond acceptors (Lipinski definition) is 2. The van der Waals surface area contributed by atoms with Crippen LogP contribution < -0.4 is 5.32 Å². The van der Waals surface area contributed by atoms with Crippen LogP contribution in [0.5, 0.6) is 0 Å². The molecule has 160 valence electrons. The number of hydrogen-bond donors (Lipinski definition) is 1. The lowest BCUT2D eigenvalue weighted by Gasteiger charge is -2.41. The zero-order chi connectivity index (χ0) is 21.6. The lowest BCUT2D eigenvalue weighted by Crippen LogP contribution is -2.52. The minimum Gasteiger partial charge on any atom is -0.356 e. The molecule has 3 rings (SSSR count). The Balaban J connectivity index is 1.88. The van der Waals surface area contributed by atoms with Crippen LogP contribution in [0.15, 0.2) is 54.6 Å². The highest BCUT2D eigenvalue weighted by Crippen LogP contribution is 2.38. The van der Waals surface area contributed by atoms with E-state index >= 15 is 0 Å². The monoisotopic (exact) mass is 406 g/mol. The molecule has 2 aromatic rings. The zero-order valence-corrected chi connectivity index (χ0v) is 18.5. The molecule has 2 aromatic carbocycles. The van der Waals surface area contributed by atoms with Gasteiger partial charge in [-0.2, -0.15) is 0 Å². The lowest BCUT2D eigenvalue weighted by molar-refractivity contribution is -0.142. The molecular formula is C26H34N2O2. The van der Waals surface area contributed by atoms with Gasteiger partial charge in [0.05, 0.1) is 5.41 Å². The summed E-state index contributed by atoms with van der Waals surface area (Å²) in [5, 5.41) is 3.15. The van der Waals surface area contributed by atoms with Gasteiger partial charge in [0.15, 0.2) is 0 Å². The first-order valence-electron chi connectivity index (χ1n) is 11.2. The molecular weight excluding hydrogens is 372 g/mol. The molecule has 0 radical (unpaired) electrons. The maximum Gasteiger partial charge on any atom is 0.226 e. The Morgan fingerprint density at radius 1 is 1.00 bits per heavy atom. The van der Waals surface area contributed by atoms with E-state index in [1.165, 1.54) is 16.7 Å². The normalized spacial score (nSPS) is 15.8. The van der Waals surface area contributed by atoms with Crippen LogP contribution in [-0.2, 0) is 16.0 Å². The van der Waals surface area contributed by atoms with Gasteiger partial charge in [0, 0.05) is 25.6 Å². The summed E-state index contributed by atoms with van der Waals surface area (Å²) in [5.74, 6) is 0.302. The second kappa shape index (κ2) is 9.92.